The van der Waals surface area contributed by atoms with Gasteiger partial charge in [0.1, 0.15) is 0 Å². The predicted octanol–water partition coefficient (Wildman–Crippen LogP) is 3.98. The number of carbonyl (C=O) groups is 2. The van der Waals surface area contributed by atoms with Gasteiger partial charge in [0.15, 0.2) is 0 Å². The van der Waals surface area contributed by atoms with E-state index >= 15 is 0 Å². The molecule has 0 unspecified atom stereocenters. The molecule has 0 radical (unpaired) electrons. The van der Waals surface area contributed by atoms with Crippen LogP contribution in [-0.4, -0.2) is 35.9 Å². The van der Waals surface area contributed by atoms with Crippen LogP contribution in [0.3, 0.4) is 0 Å². The lowest BCUT2D eigenvalue weighted by Gasteiger charge is -2.33. The second kappa shape index (κ2) is 8.75. The molecule has 0 bridgehead atoms. The minimum absolute atomic E-state index is 0.119. The number of rotatable bonds is 6. The van der Waals surface area contributed by atoms with Crippen LogP contribution in [0.25, 0.3) is 0 Å². The predicted molar refractivity (Wildman–Crippen MR) is 119 cm³/mol. The smallest absolute Gasteiger partial charge is 0.270 e. The Morgan fingerprint density at radius 1 is 1.00 bits per heavy atom. The molecule has 1 saturated heterocycles. The topological polar surface area (TPSA) is 105 Å². The summed E-state index contributed by atoms with van der Waals surface area (Å²) in [5, 5.41) is 17.0. The lowest BCUT2D eigenvalue weighted by atomic mass is 9.98. The average molecular weight is 422 g/mol. The number of hydrogen-bond donors (Lipinski definition) is 2. The third-order valence-electron chi connectivity index (χ3n) is 5.88. The molecule has 1 aliphatic carbocycles. The Labute approximate surface area is 180 Å². The zero-order valence-corrected chi connectivity index (χ0v) is 17.5. The highest BCUT2D eigenvalue weighted by atomic mass is 16.6. The van der Waals surface area contributed by atoms with Gasteiger partial charge in [-0.3, -0.25) is 19.7 Å². The van der Waals surface area contributed by atoms with E-state index < -0.39 is 10.8 Å². The van der Waals surface area contributed by atoms with Crippen LogP contribution in [0.2, 0.25) is 0 Å². The van der Waals surface area contributed by atoms with Gasteiger partial charge < -0.3 is 15.5 Å². The monoisotopic (exact) mass is 422 g/mol. The third-order valence-corrected chi connectivity index (χ3v) is 5.88. The molecular weight excluding hydrogens is 396 g/mol. The van der Waals surface area contributed by atoms with Crippen LogP contribution < -0.4 is 15.5 Å². The first-order chi connectivity index (χ1) is 14.9. The maximum Gasteiger partial charge on any atom is 0.270 e. The number of piperidine rings is 1. The molecule has 1 heterocycles. The molecule has 4 rings (SSSR count). The summed E-state index contributed by atoms with van der Waals surface area (Å²) in [7, 11) is 0. The third kappa shape index (κ3) is 5.02. The van der Waals surface area contributed by atoms with E-state index in [4.69, 9.17) is 0 Å². The first-order valence-electron chi connectivity index (χ1n) is 10.7. The van der Waals surface area contributed by atoms with Gasteiger partial charge in [0.2, 0.25) is 0 Å². The fourth-order valence-corrected chi connectivity index (χ4v) is 3.74. The summed E-state index contributed by atoms with van der Waals surface area (Å²) < 4.78 is 0. The Hall–Kier alpha value is -3.42. The number of hydrogen-bond acceptors (Lipinski definition) is 5. The van der Waals surface area contributed by atoms with E-state index in [9.17, 15) is 19.7 Å². The number of amides is 2. The summed E-state index contributed by atoms with van der Waals surface area (Å²) in [5.74, 6) is 0.0929. The molecule has 0 aromatic heterocycles. The van der Waals surface area contributed by atoms with Gasteiger partial charge in [0, 0.05) is 42.5 Å². The molecule has 8 heteroatoms. The highest BCUT2D eigenvalue weighted by Gasteiger charge is 2.25. The second-order valence-electron chi connectivity index (χ2n) is 8.41. The van der Waals surface area contributed by atoms with Gasteiger partial charge in [-0.05, 0) is 61.9 Å². The summed E-state index contributed by atoms with van der Waals surface area (Å²) in [6.45, 7) is 3.82. The van der Waals surface area contributed by atoms with Crippen molar-refractivity contribution in [1.29, 1.82) is 0 Å². The van der Waals surface area contributed by atoms with Crippen molar-refractivity contribution in [2.24, 2.45) is 5.92 Å². The maximum atomic E-state index is 13.0. The first kappa shape index (κ1) is 20.8. The van der Waals surface area contributed by atoms with Crippen molar-refractivity contribution in [3.05, 3.63) is 63.7 Å². The molecule has 31 heavy (non-hydrogen) atoms. The number of carbonyl (C=O) groups excluding carboxylic acids is 2. The van der Waals surface area contributed by atoms with E-state index in [1.807, 2.05) is 0 Å². The average Bonchev–Trinajstić information content (AvgIpc) is 3.58. The zero-order chi connectivity index (χ0) is 22.0. The van der Waals surface area contributed by atoms with Crippen molar-refractivity contribution in [2.45, 2.75) is 38.6 Å². The van der Waals surface area contributed by atoms with E-state index in [0.717, 1.165) is 38.8 Å². The number of non-ortho nitro benzene ring substituents is 1. The molecule has 1 saturated carbocycles. The minimum Gasteiger partial charge on any atom is -0.371 e. The Morgan fingerprint density at radius 2 is 1.68 bits per heavy atom. The Balaban J connectivity index is 1.53. The van der Waals surface area contributed by atoms with E-state index in [0.29, 0.717) is 22.9 Å². The van der Waals surface area contributed by atoms with E-state index in [-0.39, 0.29) is 23.2 Å². The second-order valence-corrected chi connectivity index (χ2v) is 8.41. The number of anilines is 2. The van der Waals surface area contributed by atoms with Crippen molar-refractivity contribution >= 4 is 28.9 Å². The van der Waals surface area contributed by atoms with Crippen LogP contribution in [0.5, 0.6) is 0 Å². The van der Waals surface area contributed by atoms with Crippen molar-refractivity contribution in [3.63, 3.8) is 0 Å². The largest absolute Gasteiger partial charge is 0.371 e. The zero-order valence-electron chi connectivity index (χ0n) is 17.5. The lowest BCUT2D eigenvalue weighted by Crippen LogP contribution is -2.34. The number of nitro benzene ring substituents is 1. The highest BCUT2D eigenvalue weighted by molar-refractivity contribution is 6.08. The van der Waals surface area contributed by atoms with Gasteiger partial charge in [-0.1, -0.05) is 6.92 Å². The molecule has 2 N–H and O–H groups in total. The fourth-order valence-electron chi connectivity index (χ4n) is 3.74. The standard InChI is InChI=1S/C23H26N4O4/c1-15-10-12-26(13-11-15)21-9-8-19(27(30)31)14-20(21)23(29)25-17-4-2-16(3-5-17)22(28)24-18-6-7-18/h2-5,8-9,14-15,18H,6-7,10-13H2,1H3,(H,24,28)(H,25,29). The summed E-state index contributed by atoms with van der Waals surface area (Å²) >= 11 is 0. The molecule has 162 valence electrons. The van der Waals surface area contributed by atoms with Gasteiger partial charge in [0.25, 0.3) is 17.5 Å². The Kier molecular flexibility index (Phi) is 5.88. The lowest BCUT2D eigenvalue weighted by molar-refractivity contribution is -0.384. The van der Waals surface area contributed by atoms with E-state index in [1.165, 1.54) is 12.1 Å². The summed E-state index contributed by atoms with van der Waals surface area (Å²) in [5.41, 5.74) is 1.92. The quantitative estimate of drug-likeness (QED) is 0.541. The van der Waals surface area contributed by atoms with Crippen molar-refractivity contribution < 1.29 is 14.5 Å². The van der Waals surface area contributed by atoms with Gasteiger partial charge in [-0.2, -0.15) is 0 Å². The summed E-state index contributed by atoms with van der Waals surface area (Å²) in [4.78, 5) is 38.1. The van der Waals surface area contributed by atoms with Crippen molar-refractivity contribution in [2.75, 3.05) is 23.3 Å². The van der Waals surface area contributed by atoms with E-state index in [2.05, 4.69) is 22.5 Å². The molecule has 8 nitrogen and oxygen atoms in total. The summed E-state index contributed by atoms with van der Waals surface area (Å²) in [6.07, 6.45) is 4.06. The van der Waals surface area contributed by atoms with Gasteiger partial charge in [-0.25, -0.2) is 0 Å². The highest BCUT2D eigenvalue weighted by Crippen LogP contribution is 2.30. The summed E-state index contributed by atoms with van der Waals surface area (Å²) in [6, 6.07) is 11.4. The number of benzene rings is 2. The van der Waals surface area contributed by atoms with Crippen LogP contribution in [-0.2, 0) is 0 Å². The molecule has 0 atom stereocenters. The number of nitro groups is 1. The molecule has 0 spiro atoms. The van der Waals surface area contributed by atoms with Crippen molar-refractivity contribution in [1.82, 2.24) is 5.32 Å². The SMILES string of the molecule is CC1CCN(c2ccc([N+](=O)[O-])cc2C(=O)Nc2ccc(C(=O)NC3CC3)cc2)CC1. The van der Waals surface area contributed by atoms with Crippen LogP contribution in [0.4, 0.5) is 17.1 Å². The Morgan fingerprint density at radius 3 is 2.29 bits per heavy atom. The van der Waals surface area contributed by atoms with Crippen LogP contribution >= 0.6 is 0 Å². The molecule has 2 fully saturated rings. The minimum atomic E-state index is -0.494. The van der Waals surface area contributed by atoms with Crippen LogP contribution in [0.1, 0.15) is 53.3 Å². The first-order valence-corrected chi connectivity index (χ1v) is 10.7. The van der Waals surface area contributed by atoms with Crippen molar-refractivity contribution in [3.8, 4) is 0 Å². The van der Waals surface area contributed by atoms with Gasteiger partial charge in [0.05, 0.1) is 16.2 Å². The molecular formula is C23H26N4O4. The molecule has 2 amide bonds. The van der Waals surface area contributed by atoms with Gasteiger partial charge in [-0.15, -0.1) is 0 Å². The Bertz CT molecular complexity index is 993. The molecule has 2 aromatic carbocycles. The molecule has 2 aromatic rings. The molecule has 1 aliphatic heterocycles. The molecule has 2 aliphatic rings. The maximum absolute atomic E-state index is 13.0. The normalized spacial score (nSPS) is 16.6. The van der Waals surface area contributed by atoms with Crippen LogP contribution in [0, 0.1) is 16.0 Å². The number of nitrogens with zero attached hydrogens (tertiary/aromatic N) is 2. The van der Waals surface area contributed by atoms with E-state index in [1.54, 1.807) is 30.3 Å². The van der Waals surface area contributed by atoms with Gasteiger partial charge >= 0.3 is 0 Å². The fraction of sp³-hybridized carbons (Fsp3) is 0.391. The number of nitrogens with one attached hydrogen (secondary N) is 2. The van der Waals surface area contributed by atoms with Crippen LogP contribution in [0.15, 0.2) is 42.5 Å².